The van der Waals surface area contributed by atoms with Crippen molar-refractivity contribution in [2.75, 3.05) is 11.1 Å². The minimum absolute atomic E-state index is 0.0373. The van der Waals surface area contributed by atoms with Crippen molar-refractivity contribution in [1.29, 1.82) is 0 Å². The minimum Gasteiger partial charge on any atom is -0.397 e. The third-order valence-corrected chi connectivity index (χ3v) is 3.32. The normalized spacial score (nSPS) is 10.2. The van der Waals surface area contributed by atoms with Crippen molar-refractivity contribution in [2.24, 2.45) is 0 Å². The molecular weight excluding hydrogens is 263 g/mol. The lowest BCUT2D eigenvalue weighted by Gasteiger charge is -2.06. The molecule has 0 saturated heterocycles. The molecule has 2 aromatic rings. The van der Waals surface area contributed by atoms with Gasteiger partial charge >= 0.3 is 0 Å². The van der Waals surface area contributed by atoms with E-state index in [1.807, 2.05) is 0 Å². The van der Waals surface area contributed by atoms with Gasteiger partial charge in [-0.2, -0.15) is 0 Å². The molecule has 0 saturated carbocycles. The molecular formula is C11H8ClFN2OS. The van der Waals surface area contributed by atoms with Gasteiger partial charge in [-0.3, -0.25) is 4.79 Å². The van der Waals surface area contributed by atoms with Crippen LogP contribution in [0, 0.1) is 5.82 Å². The van der Waals surface area contributed by atoms with E-state index in [1.54, 1.807) is 17.5 Å². The first-order valence-corrected chi connectivity index (χ1v) is 5.93. The first kappa shape index (κ1) is 11.9. The van der Waals surface area contributed by atoms with Gasteiger partial charge in [-0.25, -0.2) is 4.39 Å². The lowest BCUT2D eigenvalue weighted by Crippen LogP contribution is -2.13. The number of rotatable bonds is 2. The van der Waals surface area contributed by atoms with Crippen LogP contribution in [0.4, 0.5) is 15.8 Å². The average Bonchev–Trinajstić information content (AvgIpc) is 2.71. The Morgan fingerprint density at radius 1 is 1.41 bits per heavy atom. The van der Waals surface area contributed by atoms with Gasteiger partial charge in [0.05, 0.1) is 16.4 Å². The zero-order valence-electron chi connectivity index (χ0n) is 8.54. The molecule has 0 aliphatic carbocycles. The molecule has 0 aliphatic heterocycles. The Labute approximate surface area is 106 Å². The number of nitrogens with two attached hydrogens (primary N) is 1. The second-order valence-corrected chi connectivity index (χ2v) is 4.58. The van der Waals surface area contributed by atoms with Gasteiger partial charge in [0.2, 0.25) is 0 Å². The monoisotopic (exact) mass is 270 g/mol. The number of thiophene rings is 1. The highest BCUT2D eigenvalue weighted by atomic mass is 35.5. The van der Waals surface area contributed by atoms with Crippen molar-refractivity contribution >= 4 is 40.2 Å². The molecule has 1 aromatic carbocycles. The van der Waals surface area contributed by atoms with Crippen LogP contribution in [0.5, 0.6) is 0 Å². The van der Waals surface area contributed by atoms with E-state index >= 15 is 0 Å². The number of hydrogen-bond donors (Lipinski definition) is 2. The van der Waals surface area contributed by atoms with Gasteiger partial charge in [0, 0.05) is 0 Å². The smallest absolute Gasteiger partial charge is 0.267 e. The fraction of sp³-hybridized carbons (Fsp3) is 0. The second-order valence-electron chi connectivity index (χ2n) is 3.26. The summed E-state index contributed by atoms with van der Waals surface area (Å²) in [5.74, 6) is -1.10. The Hall–Kier alpha value is -1.59. The summed E-state index contributed by atoms with van der Waals surface area (Å²) in [6, 6.07) is 6.02. The zero-order valence-corrected chi connectivity index (χ0v) is 10.1. The molecule has 3 N–H and O–H groups in total. The first-order chi connectivity index (χ1) is 8.09. The summed E-state index contributed by atoms with van der Waals surface area (Å²) in [6.45, 7) is 0. The molecule has 1 heterocycles. The summed E-state index contributed by atoms with van der Waals surface area (Å²) in [4.78, 5) is 12.1. The van der Waals surface area contributed by atoms with Gasteiger partial charge in [0.25, 0.3) is 5.91 Å². The first-order valence-electron chi connectivity index (χ1n) is 4.68. The largest absolute Gasteiger partial charge is 0.397 e. The molecule has 0 atom stereocenters. The quantitative estimate of drug-likeness (QED) is 0.879. The summed E-state index contributed by atoms with van der Waals surface area (Å²) < 4.78 is 13.5. The van der Waals surface area contributed by atoms with E-state index in [-0.39, 0.29) is 10.7 Å². The van der Waals surface area contributed by atoms with E-state index < -0.39 is 11.7 Å². The molecule has 88 valence electrons. The summed E-state index contributed by atoms with van der Waals surface area (Å²) >= 11 is 6.80. The zero-order chi connectivity index (χ0) is 12.4. The number of nitrogens with one attached hydrogen (secondary N) is 1. The van der Waals surface area contributed by atoms with E-state index in [1.165, 1.54) is 23.5 Å². The second kappa shape index (κ2) is 4.73. The van der Waals surface area contributed by atoms with Gasteiger partial charge in [-0.05, 0) is 23.6 Å². The van der Waals surface area contributed by atoms with E-state index in [0.717, 1.165) is 0 Å². The summed E-state index contributed by atoms with van der Waals surface area (Å²) in [5, 5.41) is 4.08. The highest BCUT2D eigenvalue weighted by Gasteiger charge is 2.14. The molecule has 0 spiro atoms. The van der Waals surface area contributed by atoms with Gasteiger partial charge in [0.15, 0.2) is 5.82 Å². The SMILES string of the molecule is Nc1ccsc1C(=O)Nc1cccc(Cl)c1F. The number of benzene rings is 1. The highest BCUT2D eigenvalue weighted by Crippen LogP contribution is 2.24. The van der Waals surface area contributed by atoms with Crippen molar-refractivity contribution in [1.82, 2.24) is 0 Å². The van der Waals surface area contributed by atoms with Gasteiger partial charge in [-0.1, -0.05) is 17.7 Å². The summed E-state index contributed by atoms with van der Waals surface area (Å²) in [6.07, 6.45) is 0. The van der Waals surface area contributed by atoms with Crippen LogP contribution < -0.4 is 11.1 Å². The predicted molar refractivity (Wildman–Crippen MR) is 68.1 cm³/mol. The van der Waals surface area contributed by atoms with E-state index in [2.05, 4.69) is 5.32 Å². The lowest BCUT2D eigenvalue weighted by molar-refractivity contribution is 0.103. The number of hydrogen-bond acceptors (Lipinski definition) is 3. The molecule has 0 bridgehead atoms. The van der Waals surface area contributed by atoms with Crippen LogP contribution in [0.1, 0.15) is 9.67 Å². The maximum Gasteiger partial charge on any atom is 0.267 e. The molecule has 3 nitrogen and oxygen atoms in total. The van der Waals surface area contributed by atoms with Crippen LogP contribution in [0.2, 0.25) is 5.02 Å². The minimum atomic E-state index is -0.655. The van der Waals surface area contributed by atoms with Crippen molar-refractivity contribution in [2.45, 2.75) is 0 Å². The van der Waals surface area contributed by atoms with Crippen molar-refractivity contribution < 1.29 is 9.18 Å². The third-order valence-electron chi connectivity index (χ3n) is 2.10. The number of carbonyl (C=O) groups is 1. The molecule has 2 rings (SSSR count). The third kappa shape index (κ3) is 2.40. The molecule has 17 heavy (non-hydrogen) atoms. The summed E-state index contributed by atoms with van der Waals surface area (Å²) in [5.41, 5.74) is 6.00. The predicted octanol–water partition coefficient (Wildman–Crippen LogP) is 3.38. The molecule has 0 unspecified atom stereocenters. The van der Waals surface area contributed by atoms with Crippen LogP contribution in [-0.4, -0.2) is 5.91 Å². The molecule has 1 amide bonds. The van der Waals surface area contributed by atoms with Crippen LogP contribution in [0.25, 0.3) is 0 Å². The number of carbonyl (C=O) groups excluding carboxylic acids is 1. The van der Waals surface area contributed by atoms with Gasteiger partial charge in [0.1, 0.15) is 4.88 Å². The molecule has 6 heteroatoms. The Kier molecular flexibility index (Phi) is 3.31. The number of nitrogen functional groups attached to an aromatic ring is 1. The lowest BCUT2D eigenvalue weighted by atomic mass is 10.3. The van der Waals surface area contributed by atoms with E-state index in [4.69, 9.17) is 17.3 Å². The maximum absolute atomic E-state index is 13.5. The fourth-order valence-electron chi connectivity index (χ4n) is 1.28. The van der Waals surface area contributed by atoms with Crippen molar-refractivity contribution in [3.05, 3.63) is 45.4 Å². The van der Waals surface area contributed by atoms with Crippen molar-refractivity contribution in [3.8, 4) is 0 Å². The number of amides is 1. The molecule has 0 aliphatic rings. The Morgan fingerprint density at radius 3 is 2.82 bits per heavy atom. The number of halogens is 2. The standard InChI is InChI=1S/C11H8ClFN2OS/c12-6-2-1-3-8(9(6)13)15-11(16)10-7(14)4-5-17-10/h1-5H,14H2,(H,15,16). The van der Waals surface area contributed by atoms with Crippen LogP contribution in [0.15, 0.2) is 29.6 Å². The van der Waals surface area contributed by atoms with Crippen LogP contribution in [-0.2, 0) is 0 Å². The summed E-state index contributed by atoms with van der Waals surface area (Å²) in [7, 11) is 0. The van der Waals surface area contributed by atoms with Crippen LogP contribution in [0.3, 0.4) is 0 Å². The molecule has 0 fully saturated rings. The number of anilines is 2. The average molecular weight is 271 g/mol. The van der Waals surface area contributed by atoms with E-state index in [9.17, 15) is 9.18 Å². The Balaban J connectivity index is 2.25. The van der Waals surface area contributed by atoms with E-state index in [0.29, 0.717) is 10.6 Å². The molecule has 0 radical (unpaired) electrons. The van der Waals surface area contributed by atoms with Crippen molar-refractivity contribution in [3.63, 3.8) is 0 Å². The van der Waals surface area contributed by atoms with Gasteiger partial charge in [-0.15, -0.1) is 11.3 Å². The van der Waals surface area contributed by atoms with Crippen LogP contribution >= 0.6 is 22.9 Å². The van der Waals surface area contributed by atoms with Gasteiger partial charge < -0.3 is 11.1 Å². The fourth-order valence-corrected chi connectivity index (χ4v) is 2.17. The topological polar surface area (TPSA) is 55.1 Å². The Bertz CT molecular complexity index is 570. The molecule has 1 aromatic heterocycles. The maximum atomic E-state index is 13.5. The highest BCUT2D eigenvalue weighted by molar-refractivity contribution is 7.12. The Morgan fingerprint density at radius 2 is 2.18 bits per heavy atom.